The summed E-state index contributed by atoms with van der Waals surface area (Å²) in [6, 6.07) is 20.8. The molecule has 2 aromatic carbocycles. The molecule has 1 nitrogen and oxygen atoms in total. The highest BCUT2D eigenvalue weighted by atomic mass is 31.1. The van der Waals surface area contributed by atoms with E-state index < -0.39 is 8.15 Å². The molecule has 0 aliphatic rings. The maximum atomic E-state index is 8.12. The van der Waals surface area contributed by atoms with Gasteiger partial charge in [-0.05, 0) is 24.5 Å². The van der Waals surface area contributed by atoms with Gasteiger partial charge in [0.2, 0.25) is 0 Å². The van der Waals surface area contributed by atoms with Gasteiger partial charge < -0.3 is 4.89 Å². The van der Waals surface area contributed by atoms with Gasteiger partial charge in [0, 0.05) is 8.15 Å². The SMILES string of the molecule is CP(C)O.c1ccc(-c2ccccc2)cc1. The van der Waals surface area contributed by atoms with E-state index in [1.54, 1.807) is 13.3 Å². The van der Waals surface area contributed by atoms with Gasteiger partial charge in [-0.15, -0.1) is 0 Å². The van der Waals surface area contributed by atoms with Crippen molar-refractivity contribution in [3.63, 3.8) is 0 Å². The van der Waals surface area contributed by atoms with Gasteiger partial charge in [-0.3, -0.25) is 0 Å². The number of hydrogen-bond acceptors (Lipinski definition) is 1. The second kappa shape index (κ2) is 7.16. The molecule has 0 spiro atoms. The van der Waals surface area contributed by atoms with Gasteiger partial charge in [0.25, 0.3) is 0 Å². The summed E-state index contributed by atoms with van der Waals surface area (Å²) < 4.78 is 0. The third-order valence-corrected chi connectivity index (χ3v) is 1.88. The fraction of sp³-hybridized carbons (Fsp3) is 0.143. The monoisotopic (exact) mass is 232 g/mol. The van der Waals surface area contributed by atoms with Gasteiger partial charge in [-0.2, -0.15) is 0 Å². The largest absolute Gasteiger partial charge is 0.374 e. The van der Waals surface area contributed by atoms with Crippen LogP contribution in [0.5, 0.6) is 0 Å². The Labute approximate surface area is 98.6 Å². The molecule has 16 heavy (non-hydrogen) atoms. The fourth-order valence-corrected chi connectivity index (χ4v) is 1.26. The molecule has 0 saturated carbocycles. The molecule has 0 bridgehead atoms. The summed E-state index contributed by atoms with van der Waals surface area (Å²) in [6.45, 7) is 3.57. The lowest BCUT2D eigenvalue weighted by Crippen LogP contribution is -1.73. The molecule has 0 unspecified atom stereocenters. The summed E-state index contributed by atoms with van der Waals surface area (Å²) in [5.41, 5.74) is 2.55. The maximum absolute atomic E-state index is 8.12. The molecule has 2 heteroatoms. The fourth-order valence-electron chi connectivity index (χ4n) is 1.26. The summed E-state index contributed by atoms with van der Waals surface area (Å²) in [5, 5.41) is 0. The zero-order valence-corrected chi connectivity index (χ0v) is 10.6. The van der Waals surface area contributed by atoms with Crippen LogP contribution in [0.15, 0.2) is 60.7 Å². The van der Waals surface area contributed by atoms with Gasteiger partial charge in [0.15, 0.2) is 0 Å². The predicted octanol–water partition coefficient (Wildman–Crippen LogP) is 3.99. The van der Waals surface area contributed by atoms with Crippen molar-refractivity contribution in [3.05, 3.63) is 60.7 Å². The minimum absolute atomic E-state index is 0.620. The zero-order valence-electron chi connectivity index (χ0n) is 9.67. The lowest BCUT2D eigenvalue weighted by molar-refractivity contribution is 0.637. The highest BCUT2D eigenvalue weighted by Gasteiger charge is 1.91. The van der Waals surface area contributed by atoms with Crippen molar-refractivity contribution in [1.82, 2.24) is 0 Å². The van der Waals surface area contributed by atoms with Gasteiger partial charge >= 0.3 is 0 Å². The van der Waals surface area contributed by atoms with E-state index >= 15 is 0 Å². The lowest BCUT2D eigenvalue weighted by Gasteiger charge is -1.98. The van der Waals surface area contributed by atoms with Crippen molar-refractivity contribution in [3.8, 4) is 11.1 Å². The molecule has 0 heterocycles. The third kappa shape index (κ3) is 5.06. The van der Waals surface area contributed by atoms with Crippen molar-refractivity contribution in [2.45, 2.75) is 0 Å². The van der Waals surface area contributed by atoms with Crippen LogP contribution in [0.4, 0.5) is 0 Å². The standard InChI is InChI=1S/C12H10.C2H7OP/c1-3-7-11(8-4-1)12-9-5-2-6-10-12;1-4(2)3/h1-10H;3H,1-2H3. The van der Waals surface area contributed by atoms with Crippen LogP contribution in [0.3, 0.4) is 0 Å². The number of hydrogen-bond donors (Lipinski definition) is 1. The van der Waals surface area contributed by atoms with Gasteiger partial charge in [0.1, 0.15) is 0 Å². The van der Waals surface area contributed by atoms with E-state index in [0.29, 0.717) is 0 Å². The first-order valence-electron chi connectivity index (χ1n) is 5.17. The van der Waals surface area contributed by atoms with Crippen LogP contribution in [0.1, 0.15) is 0 Å². The molecule has 84 valence electrons. The molecule has 0 aromatic heterocycles. The van der Waals surface area contributed by atoms with Crippen molar-refractivity contribution < 1.29 is 4.89 Å². The molecule has 1 N–H and O–H groups in total. The Morgan fingerprint density at radius 1 is 0.688 bits per heavy atom. The van der Waals surface area contributed by atoms with Crippen LogP contribution in [-0.2, 0) is 0 Å². The van der Waals surface area contributed by atoms with E-state index in [1.807, 2.05) is 12.1 Å². The van der Waals surface area contributed by atoms with Crippen molar-refractivity contribution in [1.29, 1.82) is 0 Å². The smallest absolute Gasteiger partial charge is 0.0187 e. The summed E-state index contributed by atoms with van der Waals surface area (Å²) in [4.78, 5) is 8.12. The Balaban J connectivity index is 0.000000280. The molecule has 0 aliphatic heterocycles. The quantitative estimate of drug-likeness (QED) is 0.737. The lowest BCUT2D eigenvalue weighted by atomic mass is 10.1. The molecular weight excluding hydrogens is 215 g/mol. The predicted molar refractivity (Wildman–Crippen MR) is 72.9 cm³/mol. The van der Waals surface area contributed by atoms with Crippen molar-refractivity contribution >= 4 is 8.15 Å². The average molecular weight is 232 g/mol. The topological polar surface area (TPSA) is 20.2 Å². The second-order valence-electron chi connectivity index (χ2n) is 3.58. The van der Waals surface area contributed by atoms with Crippen LogP contribution in [0.25, 0.3) is 11.1 Å². The molecule has 0 radical (unpaired) electrons. The summed E-state index contributed by atoms with van der Waals surface area (Å²) in [5.74, 6) is 0. The Morgan fingerprint density at radius 2 is 0.938 bits per heavy atom. The van der Waals surface area contributed by atoms with Crippen LogP contribution < -0.4 is 0 Å². The van der Waals surface area contributed by atoms with E-state index in [0.717, 1.165) is 0 Å². The first-order chi connectivity index (χ1) is 7.70. The molecule has 0 amide bonds. The Kier molecular flexibility index (Phi) is 5.77. The molecule has 0 aliphatic carbocycles. The second-order valence-corrected chi connectivity index (χ2v) is 5.27. The summed E-state index contributed by atoms with van der Waals surface area (Å²) >= 11 is 0. The van der Waals surface area contributed by atoms with E-state index in [4.69, 9.17) is 4.89 Å². The molecule has 2 aromatic rings. The first-order valence-corrected chi connectivity index (χ1v) is 7.35. The zero-order chi connectivity index (χ0) is 11.8. The van der Waals surface area contributed by atoms with Gasteiger partial charge in [-0.1, -0.05) is 60.7 Å². The Hall–Kier alpha value is -1.17. The van der Waals surface area contributed by atoms with Crippen LogP contribution >= 0.6 is 8.15 Å². The molecule has 0 atom stereocenters. The van der Waals surface area contributed by atoms with Crippen LogP contribution in [-0.4, -0.2) is 18.2 Å². The minimum Gasteiger partial charge on any atom is -0.374 e. The van der Waals surface area contributed by atoms with Crippen LogP contribution in [0.2, 0.25) is 0 Å². The van der Waals surface area contributed by atoms with E-state index in [1.165, 1.54) is 11.1 Å². The van der Waals surface area contributed by atoms with Gasteiger partial charge in [-0.25, -0.2) is 0 Å². The molecular formula is C14H17OP. The molecule has 0 saturated heterocycles. The first kappa shape index (κ1) is 12.9. The summed E-state index contributed by atoms with van der Waals surface area (Å²) in [7, 11) is -0.620. The van der Waals surface area contributed by atoms with Crippen LogP contribution in [0, 0.1) is 0 Å². The van der Waals surface area contributed by atoms with E-state index in [-0.39, 0.29) is 0 Å². The van der Waals surface area contributed by atoms with Gasteiger partial charge in [0.05, 0.1) is 0 Å². The summed E-state index contributed by atoms with van der Waals surface area (Å²) in [6.07, 6.45) is 0. The van der Waals surface area contributed by atoms with E-state index in [9.17, 15) is 0 Å². The highest BCUT2D eigenvalue weighted by molar-refractivity contribution is 7.49. The Bertz CT molecular complexity index is 344. The number of rotatable bonds is 1. The number of benzene rings is 2. The maximum Gasteiger partial charge on any atom is 0.0187 e. The van der Waals surface area contributed by atoms with Crippen molar-refractivity contribution in [2.24, 2.45) is 0 Å². The highest BCUT2D eigenvalue weighted by Crippen LogP contribution is 2.17. The third-order valence-electron chi connectivity index (χ3n) is 1.88. The molecule has 2 rings (SSSR count). The Morgan fingerprint density at radius 3 is 1.19 bits per heavy atom. The normalized spacial score (nSPS) is 9.50. The average Bonchev–Trinajstić information content (AvgIpc) is 2.31. The minimum atomic E-state index is -0.620. The van der Waals surface area contributed by atoms with Crippen molar-refractivity contribution in [2.75, 3.05) is 13.3 Å². The molecule has 0 fully saturated rings. The van der Waals surface area contributed by atoms with E-state index in [2.05, 4.69) is 48.5 Å².